The number of aromatic nitrogens is 4. The van der Waals surface area contributed by atoms with Crippen LogP contribution in [0.3, 0.4) is 0 Å². The van der Waals surface area contributed by atoms with E-state index >= 15 is 0 Å². The first-order valence-electron chi connectivity index (χ1n) is 6.42. The van der Waals surface area contributed by atoms with Crippen molar-refractivity contribution >= 4 is 47.4 Å². The largest absolute Gasteiger partial charge is 1.00 e. The molecule has 14 heteroatoms. The minimum absolute atomic E-state index is 0. The van der Waals surface area contributed by atoms with Gasteiger partial charge in [-0.2, -0.15) is 0 Å². The van der Waals surface area contributed by atoms with Gasteiger partial charge in [0.25, 0.3) is 7.82 Å². The Morgan fingerprint density at radius 1 is 1.58 bits per heavy atom. The molecule has 4 atom stereocenters. The van der Waals surface area contributed by atoms with Gasteiger partial charge in [-0.1, -0.05) is 0 Å². The monoisotopic (exact) mass is 479 g/mol. The number of anilines is 1. The average Bonchev–Trinajstić information content (AvgIpc) is 2.99. The minimum atomic E-state index is -4.88. The average molecular weight is 479 g/mol. The minimum Gasteiger partial charge on any atom is -0.756 e. The van der Waals surface area contributed by atoms with Crippen molar-refractivity contribution in [3.05, 3.63) is 10.2 Å². The number of ether oxygens (including phenoxy) is 1. The smallest absolute Gasteiger partial charge is 0.756 e. The Bertz CT molecular complexity index is 786. The summed E-state index contributed by atoms with van der Waals surface area (Å²) in [6.07, 6.45) is -0.878. The van der Waals surface area contributed by atoms with Crippen LogP contribution in [-0.4, -0.2) is 48.3 Å². The van der Waals surface area contributed by atoms with Crippen molar-refractivity contribution in [2.75, 3.05) is 12.3 Å². The fourth-order valence-electron chi connectivity index (χ4n) is 2.33. The van der Waals surface area contributed by atoms with Crippen molar-refractivity contribution in [3.8, 4) is 0 Å². The molecule has 1 unspecified atom stereocenters. The summed E-state index contributed by atoms with van der Waals surface area (Å²) in [7, 11) is -4.88. The van der Waals surface area contributed by atoms with Gasteiger partial charge in [0.1, 0.15) is 17.8 Å². The number of nitrogens with two attached hydrogens (primary N) is 1. The molecule has 0 amide bonds. The number of nitrogen functional groups attached to an aromatic ring is 1. The number of phosphoric ester groups is 1. The van der Waals surface area contributed by atoms with E-state index in [9.17, 15) is 14.6 Å². The molecule has 126 valence electrons. The Hall–Kier alpha value is 0.110. The predicted octanol–water partition coefficient (Wildman–Crippen LogP) is -3.86. The Balaban J connectivity index is 0.00000208. The topological polar surface area (TPSA) is 169 Å². The number of rotatable bonds is 4. The van der Waals surface area contributed by atoms with Gasteiger partial charge in [-0.05, 0) is 0 Å². The van der Waals surface area contributed by atoms with E-state index in [2.05, 4.69) is 19.5 Å². The fourth-order valence-corrected chi connectivity index (χ4v) is 3.15. The van der Waals surface area contributed by atoms with E-state index in [4.69, 9.17) is 15.4 Å². The van der Waals surface area contributed by atoms with Crippen molar-refractivity contribution < 1.29 is 58.3 Å². The molecule has 0 radical (unpaired) electrons. The van der Waals surface area contributed by atoms with Gasteiger partial charge < -0.3 is 29.9 Å². The molecule has 24 heavy (non-hydrogen) atoms. The molecule has 3 heterocycles. The molecule has 1 aliphatic rings. The molecular weight excluding hydrogens is 467 g/mol. The summed E-state index contributed by atoms with van der Waals surface area (Å²) in [5.41, 5.74) is 6.63. The van der Waals surface area contributed by atoms with Crippen LogP contribution >= 0.6 is 30.4 Å². The number of phosphoric acid groups is 1. The molecule has 0 spiro atoms. The molecule has 2 aromatic heterocycles. The molecule has 1 fully saturated rings. The van der Waals surface area contributed by atoms with Crippen LogP contribution in [0.4, 0.5) is 5.82 Å². The molecule has 4 N–H and O–H groups in total. The number of aliphatic hydroxyl groups excluding tert-OH is 1. The summed E-state index contributed by atoms with van der Waals surface area (Å²) < 4.78 is 22.5. The Morgan fingerprint density at radius 2 is 2.29 bits per heavy atom. The zero-order valence-corrected chi connectivity index (χ0v) is 17.5. The van der Waals surface area contributed by atoms with Crippen molar-refractivity contribution in [2.24, 2.45) is 0 Å². The Kier molecular flexibility index (Phi) is 6.62. The van der Waals surface area contributed by atoms with Gasteiger partial charge in [0.2, 0.25) is 0 Å². The predicted molar refractivity (Wildman–Crippen MR) is 82.8 cm³/mol. The summed E-state index contributed by atoms with van der Waals surface area (Å²) in [4.78, 5) is 31.6. The van der Waals surface area contributed by atoms with Crippen molar-refractivity contribution in [1.29, 1.82) is 0 Å². The van der Waals surface area contributed by atoms with E-state index in [1.54, 1.807) is 4.57 Å². The summed E-state index contributed by atoms with van der Waals surface area (Å²) >= 11 is 1.91. The van der Waals surface area contributed by atoms with Gasteiger partial charge in [0, 0.05) is 29.0 Å². The number of imidazole rings is 1. The molecule has 11 nitrogen and oxygen atoms in total. The molecule has 3 rings (SSSR count). The normalized spacial score (nSPS) is 26.2. The number of aliphatic hydroxyl groups is 1. The van der Waals surface area contributed by atoms with Gasteiger partial charge >= 0.3 is 29.6 Å². The first-order valence-corrected chi connectivity index (χ1v) is 8.99. The third-order valence-corrected chi connectivity index (χ3v) is 4.30. The molecule has 2 aromatic rings. The molecule has 1 saturated heterocycles. The molecular formula is C10H12IN5NaO6P. The van der Waals surface area contributed by atoms with E-state index in [0.29, 0.717) is 15.0 Å². The third kappa shape index (κ3) is 4.44. The number of hydrogen-bond donors (Lipinski definition) is 3. The molecule has 0 aliphatic carbocycles. The number of fused-ring (bicyclic) bond motifs is 1. The Morgan fingerprint density at radius 3 is 2.96 bits per heavy atom. The maximum atomic E-state index is 10.6. The summed E-state index contributed by atoms with van der Waals surface area (Å²) in [6.45, 7) is -0.490. The van der Waals surface area contributed by atoms with Crippen LogP contribution < -0.4 is 40.2 Å². The Labute approximate surface area is 171 Å². The molecule has 0 saturated carbocycles. The van der Waals surface area contributed by atoms with Crippen LogP contribution in [0.15, 0.2) is 6.33 Å². The van der Waals surface area contributed by atoms with E-state index in [-0.39, 0.29) is 41.8 Å². The van der Waals surface area contributed by atoms with Crippen molar-refractivity contribution in [3.63, 3.8) is 0 Å². The van der Waals surface area contributed by atoms with E-state index in [1.807, 2.05) is 22.6 Å². The molecule has 0 bridgehead atoms. The number of nitrogens with zero attached hydrogens (tertiary/aromatic N) is 4. The second-order valence-corrected chi connectivity index (χ2v) is 7.06. The summed E-state index contributed by atoms with van der Waals surface area (Å²) in [5.74, 6) is 0.226. The second kappa shape index (κ2) is 7.78. The van der Waals surface area contributed by atoms with Crippen LogP contribution in [0.5, 0.6) is 0 Å². The van der Waals surface area contributed by atoms with Crippen LogP contribution in [0.25, 0.3) is 11.2 Å². The van der Waals surface area contributed by atoms with Gasteiger partial charge in [-0.3, -0.25) is 9.13 Å². The third-order valence-electron chi connectivity index (χ3n) is 3.34. The quantitative estimate of drug-likeness (QED) is 0.171. The van der Waals surface area contributed by atoms with Crippen LogP contribution in [0.1, 0.15) is 12.6 Å². The zero-order valence-electron chi connectivity index (χ0n) is 12.4. The van der Waals surface area contributed by atoms with Crippen LogP contribution in [-0.2, 0) is 13.8 Å². The van der Waals surface area contributed by atoms with Gasteiger partial charge in [-0.25, -0.2) is 15.0 Å². The zero-order chi connectivity index (χ0) is 16.8. The first kappa shape index (κ1) is 20.4. The first-order chi connectivity index (χ1) is 10.7. The maximum absolute atomic E-state index is 10.6. The van der Waals surface area contributed by atoms with Crippen LogP contribution in [0, 0.1) is 3.83 Å². The molecule has 1 aliphatic heterocycles. The maximum Gasteiger partial charge on any atom is 1.00 e. The SMILES string of the molecule is Nc1nc(I)nc2c1ncn2[C@H]1C[C@H](O)[C@@H](COP(=O)([O-])O)O1.[Na+]. The van der Waals surface area contributed by atoms with Crippen molar-refractivity contribution in [1.82, 2.24) is 19.5 Å². The van der Waals surface area contributed by atoms with Gasteiger partial charge in [0.15, 0.2) is 15.3 Å². The summed E-state index contributed by atoms with van der Waals surface area (Å²) in [6, 6.07) is 0. The second-order valence-electron chi connectivity index (χ2n) is 4.90. The van der Waals surface area contributed by atoms with Crippen molar-refractivity contribution in [2.45, 2.75) is 24.9 Å². The number of hydrogen-bond acceptors (Lipinski definition) is 9. The van der Waals surface area contributed by atoms with E-state index in [1.165, 1.54) is 6.33 Å². The molecule has 0 aromatic carbocycles. The van der Waals surface area contributed by atoms with Gasteiger partial charge in [0.05, 0.1) is 19.0 Å². The van der Waals surface area contributed by atoms with Crippen LogP contribution in [0.2, 0.25) is 0 Å². The summed E-state index contributed by atoms with van der Waals surface area (Å²) in [5, 5.41) is 9.97. The fraction of sp³-hybridized carbons (Fsp3) is 0.500. The van der Waals surface area contributed by atoms with Gasteiger partial charge in [-0.15, -0.1) is 0 Å². The van der Waals surface area contributed by atoms with E-state index < -0.39 is 32.9 Å². The van der Waals surface area contributed by atoms with E-state index in [0.717, 1.165) is 0 Å². The number of halogens is 1. The standard InChI is InChI=1S/C10H13IN5O6P.Na/c11-10-14-8(12)7-9(15-10)16(3-13-7)6-1-4(17)5(22-6)2-21-23(18,19)20;/h3-6,17H,1-2H2,(H2,12,14,15)(H2,18,19,20);/q;+1/p-1/t4-,5+,6+;/m0./s1.